The Morgan fingerprint density at radius 3 is 2.47 bits per heavy atom. The topological polar surface area (TPSA) is 87.7 Å². The summed E-state index contributed by atoms with van der Waals surface area (Å²) in [6.07, 6.45) is 0.447. The Balaban J connectivity index is 3.95. The number of nitrogens with zero attached hydrogens (tertiary/aromatic N) is 1. The molecule has 0 heterocycles. The van der Waals surface area contributed by atoms with Crippen LogP contribution in [0.25, 0.3) is 0 Å². The van der Waals surface area contributed by atoms with Crippen LogP contribution in [0.1, 0.15) is 34.1 Å². The number of oxime groups is 1. The summed E-state index contributed by atoms with van der Waals surface area (Å²) in [6, 6.07) is 0. The van der Waals surface area contributed by atoms with E-state index < -0.39 is 0 Å². The predicted molar refractivity (Wildman–Crippen MR) is 59.7 cm³/mol. The SMILES string of the molecule is CC(CC(=O)NCC(N)=NO)C(C)(C)C. The lowest BCUT2D eigenvalue weighted by atomic mass is 9.80. The molecular weight excluding hydrogens is 194 g/mol. The van der Waals surface area contributed by atoms with Gasteiger partial charge in [0, 0.05) is 6.42 Å². The van der Waals surface area contributed by atoms with Gasteiger partial charge in [-0.1, -0.05) is 32.9 Å². The standard InChI is InChI=1S/C10H21N3O2/c1-7(10(2,3)4)5-9(14)12-6-8(11)13-15/h7,15H,5-6H2,1-4H3,(H2,11,13)(H,12,14). The van der Waals surface area contributed by atoms with Crippen LogP contribution in [0.2, 0.25) is 0 Å². The minimum Gasteiger partial charge on any atom is -0.409 e. The second kappa shape index (κ2) is 5.58. The zero-order chi connectivity index (χ0) is 12.1. The van der Waals surface area contributed by atoms with Gasteiger partial charge in [-0.15, -0.1) is 0 Å². The number of hydrogen-bond donors (Lipinski definition) is 3. The number of carbonyl (C=O) groups excluding carboxylic acids is 1. The molecule has 0 spiro atoms. The summed E-state index contributed by atoms with van der Waals surface area (Å²) >= 11 is 0. The molecule has 0 aromatic heterocycles. The molecule has 1 amide bonds. The maximum atomic E-state index is 11.4. The smallest absolute Gasteiger partial charge is 0.220 e. The highest BCUT2D eigenvalue weighted by atomic mass is 16.4. The van der Waals surface area contributed by atoms with Crippen molar-refractivity contribution in [3.8, 4) is 0 Å². The molecule has 0 aromatic rings. The molecule has 0 aliphatic carbocycles. The van der Waals surface area contributed by atoms with Crippen LogP contribution in [0.5, 0.6) is 0 Å². The van der Waals surface area contributed by atoms with Gasteiger partial charge in [0.05, 0.1) is 6.54 Å². The van der Waals surface area contributed by atoms with Crippen molar-refractivity contribution < 1.29 is 10.0 Å². The van der Waals surface area contributed by atoms with Crippen molar-refractivity contribution in [2.45, 2.75) is 34.1 Å². The maximum absolute atomic E-state index is 11.4. The Hall–Kier alpha value is -1.26. The van der Waals surface area contributed by atoms with E-state index in [0.717, 1.165) is 0 Å². The van der Waals surface area contributed by atoms with Crippen LogP contribution >= 0.6 is 0 Å². The lowest BCUT2D eigenvalue weighted by molar-refractivity contribution is -0.122. The molecule has 4 N–H and O–H groups in total. The Kier molecular flexibility index (Phi) is 5.11. The molecule has 0 aliphatic heterocycles. The fraction of sp³-hybridized carbons (Fsp3) is 0.800. The molecule has 5 nitrogen and oxygen atoms in total. The summed E-state index contributed by atoms with van der Waals surface area (Å²) < 4.78 is 0. The van der Waals surface area contributed by atoms with Crippen molar-refractivity contribution in [2.24, 2.45) is 22.2 Å². The molecule has 0 saturated carbocycles. The molecule has 0 rings (SSSR count). The van der Waals surface area contributed by atoms with Gasteiger partial charge in [-0.3, -0.25) is 4.79 Å². The molecule has 0 aromatic carbocycles. The normalized spacial score (nSPS) is 14.8. The summed E-state index contributed by atoms with van der Waals surface area (Å²) in [5.41, 5.74) is 5.33. The van der Waals surface area contributed by atoms with Crippen molar-refractivity contribution in [1.29, 1.82) is 0 Å². The third-order valence-corrected chi connectivity index (χ3v) is 2.57. The summed E-state index contributed by atoms with van der Waals surface area (Å²) in [4.78, 5) is 11.4. The molecular formula is C10H21N3O2. The van der Waals surface area contributed by atoms with E-state index in [0.29, 0.717) is 6.42 Å². The molecule has 15 heavy (non-hydrogen) atoms. The van der Waals surface area contributed by atoms with Crippen LogP contribution in [0.15, 0.2) is 5.16 Å². The lowest BCUT2D eigenvalue weighted by Crippen LogP contribution is -2.35. The number of amides is 1. The molecule has 88 valence electrons. The van der Waals surface area contributed by atoms with Crippen molar-refractivity contribution in [3.63, 3.8) is 0 Å². The highest BCUT2D eigenvalue weighted by molar-refractivity contribution is 5.86. The van der Waals surface area contributed by atoms with Crippen molar-refractivity contribution >= 4 is 11.7 Å². The van der Waals surface area contributed by atoms with Crippen LogP contribution in [0.3, 0.4) is 0 Å². The van der Waals surface area contributed by atoms with Gasteiger partial charge >= 0.3 is 0 Å². The molecule has 0 radical (unpaired) electrons. The molecule has 1 atom stereocenters. The molecule has 0 fully saturated rings. The van der Waals surface area contributed by atoms with E-state index in [4.69, 9.17) is 10.9 Å². The minimum atomic E-state index is -0.0796. The Labute approximate surface area is 90.7 Å². The average Bonchev–Trinajstić information content (AvgIpc) is 2.12. The number of nitrogens with two attached hydrogens (primary N) is 1. The van der Waals surface area contributed by atoms with Gasteiger partial charge in [0.15, 0.2) is 5.84 Å². The molecule has 1 unspecified atom stereocenters. The zero-order valence-electron chi connectivity index (χ0n) is 9.87. The first kappa shape index (κ1) is 13.7. The van der Waals surface area contributed by atoms with E-state index in [1.54, 1.807) is 0 Å². The maximum Gasteiger partial charge on any atom is 0.220 e. The van der Waals surface area contributed by atoms with E-state index in [1.165, 1.54) is 0 Å². The summed E-state index contributed by atoms with van der Waals surface area (Å²) in [5.74, 6) is 0.209. The summed E-state index contributed by atoms with van der Waals surface area (Å²) in [5, 5.41) is 13.6. The number of hydrogen-bond acceptors (Lipinski definition) is 3. The van der Waals surface area contributed by atoms with Crippen molar-refractivity contribution in [1.82, 2.24) is 5.32 Å². The third kappa shape index (κ3) is 5.93. The van der Waals surface area contributed by atoms with Gasteiger partial charge in [-0.25, -0.2) is 0 Å². The molecule has 0 aliphatic rings. The zero-order valence-corrected chi connectivity index (χ0v) is 9.87. The first-order chi connectivity index (χ1) is 6.77. The molecule has 0 bridgehead atoms. The van der Waals surface area contributed by atoms with Gasteiger partial charge in [0.1, 0.15) is 0 Å². The van der Waals surface area contributed by atoms with Gasteiger partial charge in [-0.05, 0) is 11.3 Å². The Morgan fingerprint density at radius 1 is 1.53 bits per heavy atom. The van der Waals surface area contributed by atoms with Crippen molar-refractivity contribution in [2.75, 3.05) is 6.54 Å². The lowest BCUT2D eigenvalue weighted by Gasteiger charge is -2.26. The van der Waals surface area contributed by atoms with Crippen LogP contribution in [-0.2, 0) is 4.79 Å². The first-order valence-corrected chi connectivity index (χ1v) is 5.00. The number of amidine groups is 1. The fourth-order valence-corrected chi connectivity index (χ4v) is 0.881. The monoisotopic (exact) mass is 215 g/mol. The van der Waals surface area contributed by atoms with Crippen LogP contribution in [-0.4, -0.2) is 23.5 Å². The van der Waals surface area contributed by atoms with Crippen LogP contribution in [0.4, 0.5) is 0 Å². The highest BCUT2D eigenvalue weighted by Gasteiger charge is 2.22. The minimum absolute atomic E-state index is 0.00626. The van der Waals surface area contributed by atoms with Gasteiger partial charge in [0.2, 0.25) is 5.91 Å². The molecule has 5 heteroatoms. The van der Waals surface area contributed by atoms with Gasteiger partial charge < -0.3 is 16.3 Å². The molecule has 0 saturated heterocycles. The van der Waals surface area contributed by atoms with Crippen molar-refractivity contribution in [3.05, 3.63) is 0 Å². The van der Waals surface area contributed by atoms with Gasteiger partial charge in [-0.2, -0.15) is 0 Å². The number of nitrogens with one attached hydrogen (secondary N) is 1. The number of rotatable bonds is 4. The Morgan fingerprint density at radius 2 is 2.07 bits per heavy atom. The van der Waals surface area contributed by atoms with Crippen LogP contribution < -0.4 is 11.1 Å². The summed E-state index contributed by atoms with van der Waals surface area (Å²) in [7, 11) is 0. The van der Waals surface area contributed by atoms with E-state index in [9.17, 15) is 4.79 Å². The fourth-order valence-electron chi connectivity index (χ4n) is 0.881. The number of carbonyl (C=O) groups is 1. The third-order valence-electron chi connectivity index (χ3n) is 2.57. The van der Waals surface area contributed by atoms with Crippen LogP contribution in [0, 0.1) is 11.3 Å². The van der Waals surface area contributed by atoms with E-state index >= 15 is 0 Å². The Bertz CT molecular complexity index is 244. The average molecular weight is 215 g/mol. The van der Waals surface area contributed by atoms with E-state index in [-0.39, 0.29) is 29.6 Å². The summed E-state index contributed by atoms with van der Waals surface area (Å²) in [6.45, 7) is 8.40. The second-order valence-electron chi connectivity index (χ2n) is 4.84. The quantitative estimate of drug-likeness (QED) is 0.282. The highest BCUT2D eigenvalue weighted by Crippen LogP contribution is 2.27. The predicted octanol–water partition coefficient (Wildman–Crippen LogP) is 0.921. The van der Waals surface area contributed by atoms with E-state index in [1.807, 2.05) is 6.92 Å². The first-order valence-electron chi connectivity index (χ1n) is 5.00. The second-order valence-corrected chi connectivity index (χ2v) is 4.84. The largest absolute Gasteiger partial charge is 0.409 e. The van der Waals surface area contributed by atoms with E-state index in [2.05, 4.69) is 31.2 Å². The van der Waals surface area contributed by atoms with Gasteiger partial charge in [0.25, 0.3) is 0 Å².